The number of halogens is 2. The number of carbonyl (C=O) groups is 1. The number of rotatable bonds is 3. The topological polar surface area (TPSA) is 62.2 Å². The molecule has 1 aromatic heterocycles. The van der Waals surface area contributed by atoms with E-state index < -0.39 is 5.97 Å². The van der Waals surface area contributed by atoms with Crippen molar-refractivity contribution in [2.24, 2.45) is 0 Å². The van der Waals surface area contributed by atoms with E-state index in [-0.39, 0.29) is 17.2 Å². The molecule has 0 saturated carbocycles. The second-order valence-electron chi connectivity index (χ2n) is 3.89. The van der Waals surface area contributed by atoms with Crippen LogP contribution in [0.5, 0.6) is 0 Å². The summed E-state index contributed by atoms with van der Waals surface area (Å²) in [7, 11) is 0. The molecule has 0 fully saturated rings. The molecule has 2 N–H and O–H groups in total. The number of anilines is 2. The van der Waals surface area contributed by atoms with Crippen molar-refractivity contribution in [3.63, 3.8) is 0 Å². The van der Waals surface area contributed by atoms with Crippen molar-refractivity contribution < 1.29 is 14.3 Å². The minimum atomic E-state index is -1.11. The minimum Gasteiger partial charge on any atom is -0.478 e. The van der Waals surface area contributed by atoms with Gasteiger partial charge in [0.1, 0.15) is 17.2 Å². The first-order valence-electron chi connectivity index (χ1n) is 5.40. The van der Waals surface area contributed by atoms with E-state index in [1.807, 2.05) is 0 Å². The van der Waals surface area contributed by atoms with Crippen molar-refractivity contribution in [1.29, 1.82) is 0 Å². The van der Waals surface area contributed by atoms with Gasteiger partial charge in [-0.3, -0.25) is 0 Å². The summed E-state index contributed by atoms with van der Waals surface area (Å²) >= 11 is 3.16. The lowest BCUT2D eigenvalue weighted by atomic mass is 10.2. The maximum absolute atomic E-state index is 13.4. The van der Waals surface area contributed by atoms with E-state index in [1.165, 1.54) is 18.3 Å². The Kier molecular flexibility index (Phi) is 3.80. The van der Waals surface area contributed by atoms with Crippen LogP contribution < -0.4 is 5.32 Å². The fraction of sp³-hybridized carbons (Fsp3) is 0.0769. The first-order chi connectivity index (χ1) is 8.99. The molecule has 0 aliphatic rings. The van der Waals surface area contributed by atoms with Crippen LogP contribution in [0.1, 0.15) is 15.9 Å². The number of nitrogens with one attached hydrogen (secondary N) is 1. The van der Waals surface area contributed by atoms with Crippen LogP contribution in [0, 0.1) is 12.7 Å². The SMILES string of the molecule is Cc1c(F)cccc1Nc1ncc(Br)cc1C(=O)O. The molecule has 2 aromatic rings. The molecule has 2 rings (SSSR count). The summed E-state index contributed by atoms with van der Waals surface area (Å²) in [5, 5.41) is 12.0. The quantitative estimate of drug-likeness (QED) is 0.902. The standard InChI is InChI=1S/C13H10BrFN2O2/c1-7-10(15)3-2-4-11(7)17-12-9(13(18)19)5-8(14)6-16-12/h2-6H,1H3,(H,16,17)(H,18,19). The summed E-state index contributed by atoms with van der Waals surface area (Å²) < 4.78 is 14.0. The van der Waals surface area contributed by atoms with E-state index >= 15 is 0 Å². The second-order valence-corrected chi connectivity index (χ2v) is 4.81. The Bertz CT molecular complexity index is 647. The van der Waals surface area contributed by atoms with Gasteiger partial charge < -0.3 is 10.4 Å². The number of nitrogens with zero attached hydrogens (tertiary/aromatic N) is 1. The Hall–Kier alpha value is -1.95. The molecule has 19 heavy (non-hydrogen) atoms. The normalized spacial score (nSPS) is 10.3. The average molecular weight is 325 g/mol. The Labute approximate surface area is 117 Å². The van der Waals surface area contributed by atoms with Crippen molar-refractivity contribution >= 4 is 33.4 Å². The van der Waals surface area contributed by atoms with Gasteiger partial charge in [-0.2, -0.15) is 0 Å². The van der Waals surface area contributed by atoms with Crippen molar-refractivity contribution in [2.45, 2.75) is 6.92 Å². The van der Waals surface area contributed by atoms with Gasteiger partial charge in [-0.25, -0.2) is 14.2 Å². The van der Waals surface area contributed by atoms with Crippen LogP contribution in [0.15, 0.2) is 34.9 Å². The molecular weight excluding hydrogens is 315 g/mol. The highest BCUT2D eigenvalue weighted by atomic mass is 79.9. The molecule has 98 valence electrons. The zero-order valence-corrected chi connectivity index (χ0v) is 11.5. The molecule has 0 spiro atoms. The fourth-order valence-corrected chi connectivity index (χ4v) is 1.90. The van der Waals surface area contributed by atoms with Crippen LogP contribution in [0.2, 0.25) is 0 Å². The summed E-state index contributed by atoms with van der Waals surface area (Å²) in [6, 6.07) is 5.98. The van der Waals surface area contributed by atoms with Gasteiger partial charge in [0.05, 0.1) is 0 Å². The van der Waals surface area contributed by atoms with E-state index in [0.717, 1.165) is 0 Å². The number of aromatic carboxylic acids is 1. The van der Waals surface area contributed by atoms with Crippen LogP contribution in [0.3, 0.4) is 0 Å². The lowest BCUT2D eigenvalue weighted by molar-refractivity contribution is 0.0697. The van der Waals surface area contributed by atoms with E-state index in [0.29, 0.717) is 15.7 Å². The monoisotopic (exact) mass is 324 g/mol. The maximum Gasteiger partial charge on any atom is 0.339 e. The zero-order chi connectivity index (χ0) is 14.0. The molecule has 1 aromatic carbocycles. The number of carboxylic acid groups (broad SMARTS) is 1. The van der Waals surface area contributed by atoms with Gasteiger partial charge in [0.25, 0.3) is 0 Å². The Balaban J connectivity index is 2.44. The zero-order valence-electron chi connectivity index (χ0n) is 9.95. The van der Waals surface area contributed by atoms with Crippen LogP contribution in [-0.2, 0) is 0 Å². The predicted molar refractivity (Wildman–Crippen MR) is 73.3 cm³/mol. The van der Waals surface area contributed by atoms with Gasteiger partial charge in [-0.15, -0.1) is 0 Å². The first-order valence-corrected chi connectivity index (χ1v) is 6.19. The van der Waals surface area contributed by atoms with Crippen molar-refractivity contribution in [2.75, 3.05) is 5.32 Å². The fourth-order valence-electron chi connectivity index (χ4n) is 1.57. The Morgan fingerprint density at radius 3 is 2.89 bits per heavy atom. The molecule has 4 nitrogen and oxygen atoms in total. The molecule has 0 amide bonds. The molecule has 0 unspecified atom stereocenters. The number of hydrogen-bond donors (Lipinski definition) is 2. The van der Waals surface area contributed by atoms with E-state index in [1.54, 1.807) is 19.1 Å². The number of benzene rings is 1. The molecule has 6 heteroatoms. The highest BCUT2D eigenvalue weighted by Gasteiger charge is 2.13. The van der Waals surface area contributed by atoms with Crippen LogP contribution in [0.25, 0.3) is 0 Å². The summed E-state index contributed by atoms with van der Waals surface area (Å²) in [4.78, 5) is 15.1. The van der Waals surface area contributed by atoms with Crippen molar-refractivity contribution in [3.8, 4) is 0 Å². The number of pyridine rings is 1. The second kappa shape index (κ2) is 5.36. The average Bonchev–Trinajstić information content (AvgIpc) is 2.36. The third kappa shape index (κ3) is 2.90. The predicted octanol–water partition coefficient (Wildman–Crippen LogP) is 3.73. The molecule has 0 bridgehead atoms. The minimum absolute atomic E-state index is 0.0121. The van der Waals surface area contributed by atoms with Gasteiger partial charge in [0.15, 0.2) is 0 Å². The molecule has 0 aliphatic heterocycles. The van der Waals surface area contributed by atoms with E-state index in [2.05, 4.69) is 26.2 Å². The maximum atomic E-state index is 13.4. The molecule has 0 radical (unpaired) electrons. The highest BCUT2D eigenvalue weighted by molar-refractivity contribution is 9.10. The van der Waals surface area contributed by atoms with Crippen molar-refractivity contribution in [3.05, 3.63) is 51.9 Å². The summed E-state index contributed by atoms with van der Waals surface area (Å²) in [6.45, 7) is 1.61. The molecular formula is C13H10BrFN2O2. The molecule has 0 atom stereocenters. The number of aromatic nitrogens is 1. The smallest absolute Gasteiger partial charge is 0.339 e. The van der Waals surface area contributed by atoms with Gasteiger partial charge >= 0.3 is 5.97 Å². The lowest BCUT2D eigenvalue weighted by Crippen LogP contribution is -2.06. The van der Waals surface area contributed by atoms with E-state index in [9.17, 15) is 9.18 Å². The highest BCUT2D eigenvalue weighted by Crippen LogP contribution is 2.25. The van der Waals surface area contributed by atoms with Gasteiger partial charge in [0.2, 0.25) is 0 Å². The molecule has 1 heterocycles. The first kappa shape index (κ1) is 13.5. The summed E-state index contributed by atoms with van der Waals surface area (Å²) in [5.74, 6) is -1.30. The largest absolute Gasteiger partial charge is 0.478 e. The third-order valence-corrected chi connectivity index (χ3v) is 3.04. The van der Waals surface area contributed by atoms with Crippen LogP contribution in [0.4, 0.5) is 15.9 Å². The lowest BCUT2D eigenvalue weighted by Gasteiger charge is -2.11. The van der Waals surface area contributed by atoms with Crippen LogP contribution >= 0.6 is 15.9 Å². The van der Waals surface area contributed by atoms with Gasteiger partial charge in [-0.1, -0.05) is 6.07 Å². The number of hydrogen-bond acceptors (Lipinski definition) is 3. The van der Waals surface area contributed by atoms with Crippen molar-refractivity contribution in [1.82, 2.24) is 4.98 Å². The Morgan fingerprint density at radius 1 is 1.47 bits per heavy atom. The Morgan fingerprint density at radius 2 is 2.21 bits per heavy atom. The molecule has 0 aliphatic carbocycles. The summed E-state index contributed by atoms with van der Waals surface area (Å²) in [6.07, 6.45) is 1.48. The van der Waals surface area contributed by atoms with Crippen LogP contribution in [-0.4, -0.2) is 16.1 Å². The number of carboxylic acids is 1. The van der Waals surface area contributed by atoms with Gasteiger partial charge in [-0.05, 0) is 41.1 Å². The van der Waals surface area contributed by atoms with E-state index in [4.69, 9.17) is 5.11 Å². The summed E-state index contributed by atoms with van der Waals surface area (Å²) in [5.41, 5.74) is 0.902. The van der Waals surface area contributed by atoms with Gasteiger partial charge in [0, 0.05) is 21.9 Å². The third-order valence-electron chi connectivity index (χ3n) is 2.61. The molecule has 0 saturated heterocycles.